The van der Waals surface area contributed by atoms with E-state index < -0.39 is 0 Å². The number of likely N-dealkylation sites (tertiary alicyclic amines) is 1. The summed E-state index contributed by atoms with van der Waals surface area (Å²) in [5, 5.41) is 3.18. The van der Waals surface area contributed by atoms with E-state index in [9.17, 15) is 9.59 Å². The quantitative estimate of drug-likeness (QED) is 0.833. The molecule has 3 aliphatic rings. The van der Waals surface area contributed by atoms with Crippen LogP contribution in [-0.4, -0.2) is 41.4 Å². The Labute approximate surface area is 176 Å². The lowest BCUT2D eigenvalue weighted by atomic mass is 9.76. The van der Waals surface area contributed by atoms with Crippen molar-refractivity contribution >= 4 is 11.8 Å². The smallest absolute Gasteiger partial charge is 0.289 e. The largest absolute Gasteiger partial charge is 0.487 e. The Balaban J connectivity index is 1.29. The summed E-state index contributed by atoms with van der Waals surface area (Å²) in [6.45, 7) is 1.26. The number of ether oxygens (including phenoxy) is 1. The van der Waals surface area contributed by atoms with E-state index in [0.29, 0.717) is 31.3 Å². The van der Waals surface area contributed by atoms with Crippen molar-refractivity contribution in [1.82, 2.24) is 10.2 Å². The molecule has 0 radical (unpaired) electrons. The molecule has 2 aromatic rings. The van der Waals surface area contributed by atoms with Crippen molar-refractivity contribution in [2.45, 2.75) is 62.5 Å². The molecular formula is C24H28N2O4. The molecule has 1 N–H and O–H groups in total. The van der Waals surface area contributed by atoms with Crippen LogP contribution in [0, 0.1) is 0 Å². The maximum absolute atomic E-state index is 12.7. The van der Waals surface area contributed by atoms with Gasteiger partial charge in [-0.1, -0.05) is 18.2 Å². The SMILES string of the molecule is O=C(C[C@@H]1CC2(CCN(C(=O)c3ccco3)CC2)Oc2ccccc21)NC1CCC1. The first-order valence-electron chi connectivity index (χ1n) is 11.0. The van der Waals surface area contributed by atoms with E-state index in [1.807, 2.05) is 23.1 Å². The highest BCUT2D eigenvalue weighted by molar-refractivity contribution is 5.91. The predicted molar refractivity (Wildman–Crippen MR) is 111 cm³/mol. The molecule has 6 heteroatoms. The first-order chi connectivity index (χ1) is 14.6. The van der Waals surface area contributed by atoms with Gasteiger partial charge in [0.1, 0.15) is 11.4 Å². The van der Waals surface area contributed by atoms with E-state index in [2.05, 4.69) is 11.4 Å². The number of hydrogen-bond donors (Lipinski definition) is 1. The summed E-state index contributed by atoms with van der Waals surface area (Å²) in [6.07, 6.45) is 7.75. The number of carbonyl (C=O) groups excluding carboxylic acids is 2. The summed E-state index contributed by atoms with van der Waals surface area (Å²) < 4.78 is 11.8. The Hall–Kier alpha value is -2.76. The van der Waals surface area contributed by atoms with Gasteiger partial charge < -0.3 is 19.4 Å². The minimum Gasteiger partial charge on any atom is -0.487 e. The van der Waals surface area contributed by atoms with Crippen LogP contribution >= 0.6 is 0 Å². The van der Waals surface area contributed by atoms with Gasteiger partial charge in [0, 0.05) is 44.3 Å². The number of amides is 2. The highest BCUT2D eigenvalue weighted by atomic mass is 16.5. The van der Waals surface area contributed by atoms with Gasteiger partial charge in [-0.25, -0.2) is 0 Å². The molecule has 1 saturated carbocycles. The van der Waals surface area contributed by atoms with Crippen molar-refractivity contribution in [2.75, 3.05) is 13.1 Å². The van der Waals surface area contributed by atoms with Gasteiger partial charge in [-0.3, -0.25) is 9.59 Å². The van der Waals surface area contributed by atoms with Gasteiger partial charge in [-0.2, -0.15) is 0 Å². The van der Waals surface area contributed by atoms with Crippen LogP contribution in [0.5, 0.6) is 5.75 Å². The third kappa shape index (κ3) is 3.71. The lowest BCUT2D eigenvalue weighted by Crippen LogP contribution is -2.52. The van der Waals surface area contributed by atoms with Crippen LogP contribution in [-0.2, 0) is 4.79 Å². The van der Waals surface area contributed by atoms with Gasteiger partial charge in [-0.15, -0.1) is 0 Å². The molecule has 6 nitrogen and oxygen atoms in total. The maximum atomic E-state index is 12.7. The molecule has 1 atom stereocenters. The van der Waals surface area contributed by atoms with Crippen LogP contribution < -0.4 is 10.1 Å². The van der Waals surface area contributed by atoms with E-state index in [-0.39, 0.29) is 23.3 Å². The summed E-state index contributed by atoms with van der Waals surface area (Å²) in [7, 11) is 0. The zero-order valence-corrected chi connectivity index (χ0v) is 17.1. The molecule has 1 aliphatic carbocycles. The minimum absolute atomic E-state index is 0.0671. The fourth-order valence-corrected chi connectivity index (χ4v) is 4.97. The monoisotopic (exact) mass is 408 g/mol. The van der Waals surface area contributed by atoms with Crippen LogP contribution in [0.4, 0.5) is 0 Å². The molecular weight excluding hydrogens is 380 g/mol. The Morgan fingerprint density at radius 3 is 2.60 bits per heavy atom. The van der Waals surface area contributed by atoms with Crippen LogP contribution in [0.15, 0.2) is 47.1 Å². The zero-order chi connectivity index (χ0) is 20.6. The third-order valence-corrected chi connectivity index (χ3v) is 6.90. The van der Waals surface area contributed by atoms with Crippen molar-refractivity contribution in [2.24, 2.45) is 0 Å². The Bertz CT molecular complexity index is 911. The normalized spacial score (nSPS) is 22.7. The van der Waals surface area contributed by atoms with Crippen molar-refractivity contribution in [3.8, 4) is 5.75 Å². The summed E-state index contributed by atoms with van der Waals surface area (Å²) in [4.78, 5) is 27.1. The van der Waals surface area contributed by atoms with Crippen LogP contribution in [0.1, 0.15) is 67.0 Å². The molecule has 2 aliphatic heterocycles. The number of nitrogens with one attached hydrogen (secondary N) is 1. The predicted octanol–water partition coefficient (Wildman–Crippen LogP) is 3.88. The Kier molecular flexibility index (Phi) is 5.01. The number of hydrogen-bond acceptors (Lipinski definition) is 4. The summed E-state index contributed by atoms with van der Waals surface area (Å²) in [5.41, 5.74) is 0.802. The molecule has 30 heavy (non-hydrogen) atoms. The van der Waals surface area contributed by atoms with Crippen molar-refractivity contribution in [3.05, 3.63) is 54.0 Å². The van der Waals surface area contributed by atoms with Gasteiger partial charge in [0.2, 0.25) is 5.91 Å². The van der Waals surface area contributed by atoms with Gasteiger partial charge >= 0.3 is 0 Å². The second-order valence-corrected chi connectivity index (χ2v) is 8.89. The number of nitrogens with zero attached hydrogens (tertiary/aromatic N) is 1. The van der Waals surface area contributed by atoms with Crippen LogP contribution in [0.25, 0.3) is 0 Å². The van der Waals surface area contributed by atoms with E-state index in [4.69, 9.17) is 9.15 Å². The Morgan fingerprint density at radius 2 is 1.90 bits per heavy atom. The third-order valence-electron chi connectivity index (χ3n) is 6.90. The molecule has 3 heterocycles. The first-order valence-corrected chi connectivity index (χ1v) is 11.0. The number of para-hydroxylation sites is 1. The van der Waals surface area contributed by atoms with E-state index in [0.717, 1.165) is 43.4 Å². The van der Waals surface area contributed by atoms with Crippen molar-refractivity contribution in [3.63, 3.8) is 0 Å². The molecule has 0 bridgehead atoms. The number of carbonyl (C=O) groups is 2. The van der Waals surface area contributed by atoms with Gasteiger partial charge in [0.25, 0.3) is 5.91 Å². The number of benzene rings is 1. The zero-order valence-electron chi connectivity index (χ0n) is 17.1. The fraction of sp³-hybridized carbons (Fsp3) is 0.500. The minimum atomic E-state index is -0.324. The second-order valence-electron chi connectivity index (χ2n) is 8.89. The maximum Gasteiger partial charge on any atom is 0.289 e. The van der Waals surface area contributed by atoms with Crippen molar-refractivity contribution < 1.29 is 18.7 Å². The summed E-state index contributed by atoms with van der Waals surface area (Å²) in [5.74, 6) is 1.48. The number of rotatable bonds is 4. The average molecular weight is 408 g/mol. The van der Waals surface area contributed by atoms with E-state index in [1.54, 1.807) is 12.1 Å². The van der Waals surface area contributed by atoms with Gasteiger partial charge in [0.15, 0.2) is 5.76 Å². The van der Waals surface area contributed by atoms with E-state index >= 15 is 0 Å². The average Bonchev–Trinajstić information content (AvgIpc) is 3.26. The standard InChI is InChI=1S/C24H28N2O4/c27-22(25-18-5-3-6-18)15-17-16-24(30-20-8-2-1-7-19(17)20)10-12-26(13-11-24)23(28)21-9-4-14-29-21/h1-2,4,7-9,14,17-18H,3,5-6,10-13,15-16H2,(H,25,27)/t17-/m1/s1. The number of fused-ring (bicyclic) bond motifs is 1. The first kappa shape index (κ1) is 19.2. The van der Waals surface area contributed by atoms with Crippen LogP contribution in [0.2, 0.25) is 0 Å². The number of piperidine rings is 1. The lowest BCUT2D eigenvalue weighted by Gasteiger charge is -2.46. The molecule has 158 valence electrons. The lowest BCUT2D eigenvalue weighted by molar-refractivity contribution is -0.123. The molecule has 0 unspecified atom stereocenters. The molecule has 1 aromatic heterocycles. The molecule has 1 spiro atoms. The Morgan fingerprint density at radius 1 is 1.10 bits per heavy atom. The highest BCUT2D eigenvalue weighted by Crippen LogP contribution is 2.46. The summed E-state index contributed by atoms with van der Waals surface area (Å²) >= 11 is 0. The van der Waals surface area contributed by atoms with Gasteiger partial charge in [0.05, 0.1) is 6.26 Å². The summed E-state index contributed by atoms with van der Waals surface area (Å²) in [6, 6.07) is 11.9. The molecule has 1 aromatic carbocycles. The fourth-order valence-electron chi connectivity index (χ4n) is 4.97. The van der Waals surface area contributed by atoms with Crippen LogP contribution in [0.3, 0.4) is 0 Å². The highest BCUT2D eigenvalue weighted by Gasteiger charge is 2.44. The number of furan rings is 1. The van der Waals surface area contributed by atoms with E-state index in [1.165, 1.54) is 12.7 Å². The molecule has 1 saturated heterocycles. The molecule has 2 amide bonds. The molecule has 5 rings (SSSR count). The second kappa shape index (κ2) is 7.82. The van der Waals surface area contributed by atoms with Gasteiger partial charge in [-0.05, 0) is 49.4 Å². The molecule has 2 fully saturated rings. The van der Waals surface area contributed by atoms with Crippen molar-refractivity contribution in [1.29, 1.82) is 0 Å². The topological polar surface area (TPSA) is 71.8 Å².